The topological polar surface area (TPSA) is 89.3 Å². The molecule has 0 fully saturated rings. The van der Waals surface area contributed by atoms with E-state index in [-0.39, 0.29) is 10.6 Å². The molecule has 1 N–H and O–H groups in total. The van der Waals surface area contributed by atoms with Gasteiger partial charge in [0.1, 0.15) is 0 Å². The molecule has 0 spiro atoms. The molecule has 0 saturated carbocycles. The van der Waals surface area contributed by atoms with Gasteiger partial charge in [-0.25, -0.2) is 13.1 Å². The number of nitro groups is 1. The molecule has 0 radical (unpaired) electrons. The zero-order valence-corrected chi connectivity index (χ0v) is 13.4. The van der Waals surface area contributed by atoms with Gasteiger partial charge in [0.15, 0.2) is 0 Å². The van der Waals surface area contributed by atoms with Crippen LogP contribution in [-0.4, -0.2) is 19.9 Å². The second kappa shape index (κ2) is 7.02. The lowest BCUT2D eigenvalue weighted by Gasteiger charge is -2.13. The highest BCUT2D eigenvalue weighted by atomic mass is 32.2. The molecule has 1 aliphatic rings. The van der Waals surface area contributed by atoms with E-state index in [1.807, 2.05) is 0 Å². The summed E-state index contributed by atoms with van der Waals surface area (Å²) in [6.45, 7) is 1.90. The van der Waals surface area contributed by atoms with Crippen molar-refractivity contribution >= 4 is 15.7 Å². The van der Waals surface area contributed by atoms with Crippen molar-refractivity contribution in [2.24, 2.45) is 0 Å². The predicted octanol–water partition coefficient (Wildman–Crippen LogP) is 3.07. The molecule has 0 unspecified atom stereocenters. The van der Waals surface area contributed by atoms with Crippen LogP contribution in [0.3, 0.4) is 0 Å². The first-order valence-corrected chi connectivity index (χ1v) is 8.81. The van der Waals surface area contributed by atoms with Crippen LogP contribution >= 0.6 is 0 Å². The van der Waals surface area contributed by atoms with Gasteiger partial charge in [0.25, 0.3) is 5.69 Å². The van der Waals surface area contributed by atoms with Crippen molar-refractivity contribution in [2.75, 3.05) is 6.54 Å². The molecule has 0 heterocycles. The molecule has 1 aromatic carbocycles. The van der Waals surface area contributed by atoms with Crippen LogP contribution in [0.1, 0.15) is 37.7 Å². The number of benzene rings is 1. The summed E-state index contributed by atoms with van der Waals surface area (Å²) in [5, 5.41) is 10.9. The lowest BCUT2D eigenvalue weighted by Crippen LogP contribution is -2.25. The van der Waals surface area contributed by atoms with Gasteiger partial charge < -0.3 is 0 Å². The summed E-state index contributed by atoms with van der Waals surface area (Å²) in [6, 6.07) is 3.96. The van der Waals surface area contributed by atoms with Gasteiger partial charge in [-0.15, -0.1) is 0 Å². The molecule has 7 heteroatoms. The third-order valence-electron chi connectivity index (χ3n) is 3.81. The van der Waals surface area contributed by atoms with Crippen molar-refractivity contribution in [1.29, 1.82) is 0 Å². The van der Waals surface area contributed by atoms with Crippen LogP contribution in [0.4, 0.5) is 5.69 Å². The van der Waals surface area contributed by atoms with Gasteiger partial charge in [-0.2, -0.15) is 0 Å². The summed E-state index contributed by atoms with van der Waals surface area (Å²) in [7, 11) is -3.72. The van der Waals surface area contributed by atoms with E-state index in [0.717, 1.165) is 25.3 Å². The smallest absolute Gasteiger partial charge is 0.258 e. The van der Waals surface area contributed by atoms with Gasteiger partial charge in [-0.3, -0.25) is 10.1 Å². The van der Waals surface area contributed by atoms with Crippen molar-refractivity contribution in [3.63, 3.8) is 0 Å². The molecule has 0 aliphatic heterocycles. The monoisotopic (exact) mass is 324 g/mol. The van der Waals surface area contributed by atoms with E-state index in [4.69, 9.17) is 0 Å². The third-order valence-corrected chi connectivity index (χ3v) is 5.27. The van der Waals surface area contributed by atoms with Crippen LogP contribution in [-0.2, 0) is 10.0 Å². The molecule has 0 bridgehead atoms. The lowest BCUT2D eigenvalue weighted by molar-refractivity contribution is -0.385. The Balaban J connectivity index is 2.05. The number of nitrogens with zero attached hydrogens (tertiary/aromatic N) is 1. The first-order chi connectivity index (χ1) is 10.4. The Morgan fingerprint density at radius 2 is 2.09 bits per heavy atom. The maximum atomic E-state index is 12.2. The summed E-state index contributed by atoms with van der Waals surface area (Å²) in [4.78, 5) is 10.3. The Hall–Kier alpha value is -1.73. The van der Waals surface area contributed by atoms with Crippen molar-refractivity contribution in [3.05, 3.63) is 45.5 Å². The van der Waals surface area contributed by atoms with Crippen molar-refractivity contribution in [3.8, 4) is 0 Å². The van der Waals surface area contributed by atoms with Crippen LogP contribution < -0.4 is 4.72 Å². The van der Waals surface area contributed by atoms with Gasteiger partial charge in [0, 0.05) is 18.2 Å². The van der Waals surface area contributed by atoms with E-state index < -0.39 is 14.9 Å². The highest BCUT2D eigenvalue weighted by Gasteiger charge is 2.19. The fraction of sp³-hybridized carbons (Fsp3) is 0.467. The molecule has 0 amide bonds. The lowest BCUT2D eigenvalue weighted by atomic mass is 9.97. The summed E-state index contributed by atoms with van der Waals surface area (Å²) < 4.78 is 26.9. The number of hydrogen-bond acceptors (Lipinski definition) is 4. The molecule has 6 nitrogen and oxygen atoms in total. The number of allylic oxidation sites excluding steroid dienone is 1. The molecule has 0 saturated heterocycles. The molecular formula is C15H20N2O4S. The first kappa shape index (κ1) is 16.6. The Bertz CT molecular complexity index is 695. The Morgan fingerprint density at radius 3 is 2.73 bits per heavy atom. The fourth-order valence-corrected chi connectivity index (χ4v) is 3.57. The van der Waals surface area contributed by atoms with Gasteiger partial charge in [0.2, 0.25) is 10.0 Å². The molecular weight excluding hydrogens is 304 g/mol. The van der Waals surface area contributed by atoms with Crippen LogP contribution in [0.15, 0.2) is 34.7 Å². The average Bonchev–Trinajstić information content (AvgIpc) is 2.48. The number of sulfonamides is 1. The van der Waals surface area contributed by atoms with Crippen LogP contribution in [0, 0.1) is 17.0 Å². The van der Waals surface area contributed by atoms with Gasteiger partial charge >= 0.3 is 0 Å². The largest absolute Gasteiger partial charge is 0.273 e. The number of hydrogen-bond donors (Lipinski definition) is 1. The summed E-state index contributed by atoms with van der Waals surface area (Å²) in [6.07, 6.45) is 7.30. The van der Waals surface area contributed by atoms with Crippen LogP contribution in [0.25, 0.3) is 0 Å². The zero-order chi connectivity index (χ0) is 16.2. The van der Waals surface area contributed by atoms with Crippen molar-refractivity contribution in [1.82, 2.24) is 4.72 Å². The van der Waals surface area contributed by atoms with E-state index in [1.54, 1.807) is 6.92 Å². The predicted molar refractivity (Wildman–Crippen MR) is 84.2 cm³/mol. The number of aryl methyl sites for hydroxylation is 1. The molecule has 0 atom stereocenters. The standard InChI is InChI=1S/C15H20N2O4S/c1-12-7-8-14(11-15(12)17(18)19)22(20,21)16-10-9-13-5-3-2-4-6-13/h5,7-8,11,16H,2-4,6,9-10H2,1H3. The highest BCUT2D eigenvalue weighted by Crippen LogP contribution is 2.23. The number of nitro benzene ring substituents is 1. The van der Waals surface area contributed by atoms with E-state index in [2.05, 4.69) is 10.8 Å². The van der Waals surface area contributed by atoms with Gasteiger partial charge in [-0.1, -0.05) is 17.7 Å². The summed E-state index contributed by atoms with van der Waals surface area (Å²) in [5.41, 5.74) is 1.54. The molecule has 22 heavy (non-hydrogen) atoms. The van der Waals surface area contributed by atoms with Crippen LogP contribution in [0.5, 0.6) is 0 Å². The summed E-state index contributed by atoms with van der Waals surface area (Å²) >= 11 is 0. The Morgan fingerprint density at radius 1 is 1.32 bits per heavy atom. The zero-order valence-electron chi connectivity index (χ0n) is 12.5. The summed E-state index contributed by atoms with van der Waals surface area (Å²) in [5.74, 6) is 0. The molecule has 0 aromatic heterocycles. The van der Waals surface area contributed by atoms with Crippen molar-refractivity contribution < 1.29 is 13.3 Å². The Labute approximate surface area is 130 Å². The number of rotatable bonds is 6. The average molecular weight is 324 g/mol. The molecule has 1 aromatic rings. The van der Waals surface area contributed by atoms with Crippen molar-refractivity contribution in [2.45, 2.75) is 43.9 Å². The minimum atomic E-state index is -3.72. The maximum Gasteiger partial charge on any atom is 0.273 e. The molecule has 1 aliphatic carbocycles. The maximum absolute atomic E-state index is 12.2. The van der Waals surface area contributed by atoms with E-state index in [9.17, 15) is 18.5 Å². The fourth-order valence-electron chi connectivity index (χ4n) is 2.51. The number of nitrogens with one attached hydrogen (secondary N) is 1. The van der Waals surface area contributed by atoms with E-state index in [1.165, 1.54) is 24.1 Å². The second-order valence-electron chi connectivity index (χ2n) is 5.46. The minimum absolute atomic E-state index is 0.0672. The normalized spacial score (nSPS) is 15.4. The highest BCUT2D eigenvalue weighted by molar-refractivity contribution is 7.89. The molecule has 2 rings (SSSR count). The Kier molecular flexibility index (Phi) is 5.31. The van der Waals surface area contributed by atoms with Gasteiger partial charge in [-0.05, 0) is 45.1 Å². The van der Waals surface area contributed by atoms with Gasteiger partial charge in [0.05, 0.1) is 9.82 Å². The second-order valence-corrected chi connectivity index (χ2v) is 7.23. The van der Waals surface area contributed by atoms with Crippen LogP contribution in [0.2, 0.25) is 0 Å². The molecule has 120 valence electrons. The quantitative estimate of drug-likeness (QED) is 0.495. The third kappa shape index (κ3) is 4.14. The van der Waals surface area contributed by atoms with E-state index >= 15 is 0 Å². The van der Waals surface area contributed by atoms with E-state index in [0.29, 0.717) is 18.5 Å². The first-order valence-electron chi connectivity index (χ1n) is 7.33. The SMILES string of the molecule is Cc1ccc(S(=O)(=O)NCCC2=CCCCC2)cc1[N+](=O)[O-]. The minimum Gasteiger partial charge on any atom is -0.258 e.